The number of Topliss-reactive ketones (excluding diaryl/α,β-unsaturated/α-hetero) is 1. The van der Waals surface area contributed by atoms with E-state index in [2.05, 4.69) is 25.0 Å². The standard InChI is InChI=1S/C18H18N2OS/c1-18(2)8-13-16(14(21)9-18)15(11-6-4-3-5-7-11)12(10-19)17(22)20-13/h3-7,15,19H,8-9H2,1-2H3,(H,20,22). The van der Waals surface area contributed by atoms with Gasteiger partial charge in [-0.1, -0.05) is 56.4 Å². The maximum Gasteiger partial charge on any atom is 0.162 e. The zero-order valence-corrected chi connectivity index (χ0v) is 13.5. The summed E-state index contributed by atoms with van der Waals surface area (Å²) in [6.45, 7) is 4.19. The Morgan fingerprint density at radius 1 is 1.27 bits per heavy atom. The van der Waals surface area contributed by atoms with Crippen LogP contribution in [0, 0.1) is 10.8 Å². The van der Waals surface area contributed by atoms with Crippen LogP contribution < -0.4 is 5.32 Å². The molecule has 1 heterocycles. The number of nitrogens with one attached hydrogen (secondary N) is 2. The minimum Gasteiger partial charge on any atom is -0.349 e. The van der Waals surface area contributed by atoms with Crippen molar-refractivity contribution in [3.8, 4) is 0 Å². The third kappa shape index (κ3) is 2.45. The van der Waals surface area contributed by atoms with Crippen molar-refractivity contribution < 1.29 is 4.79 Å². The molecule has 0 bridgehead atoms. The Morgan fingerprint density at radius 3 is 2.59 bits per heavy atom. The number of hydrogen-bond donors (Lipinski definition) is 2. The first kappa shape index (κ1) is 14.9. The minimum absolute atomic E-state index is 0.0638. The summed E-state index contributed by atoms with van der Waals surface area (Å²) < 4.78 is 0. The van der Waals surface area contributed by atoms with Crippen LogP contribution in [-0.2, 0) is 4.79 Å². The van der Waals surface area contributed by atoms with E-state index in [4.69, 9.17) is 17.6 Å². The molecule has 1 aliphatic carbocycles. The molecule has 1 aromatic carbocycles. The zero-order valence-electron chi connectivity index (χ0n) is 12.7. The van der Waals surface area contributed by atoms with Gasteiger partial charge in [0.15, 0.2) is 5.78 Å². The number of carbonyl (C=O) groups excluding carboxylic acids is 1. The minimum atomic E-state index is -0.272. The molecule has 2 aliphatic rings. The normalized spacial score (nSPS) is 23.7. The number of thiocarbonyl (C=S) groups is 1. The average molecular weight is 310 g/mol. The van der Waals surface area contributed by atoms with Gasteiger partial charge in [-0.2, -0.15) is 0 Å². The van der Waals surface area contributed by atoms with Gasteiger partial charge in [0.1, 0.15) is 4.99 Å². The van der Waals surface area contributed by atoms with Crippen LogP contribution in [-0.4, -0.2) is 16.6 Å². The first-order valence-electron chi connectivity index (χ1n) is 7.35. The summed E-state index contributed by atoms with van der Waals surface area (Å²) in [5.41, 5.74) is 3.17. The van der Waals surface area contributed by atoms with Gasteiger partial charge in [-0.15, -0.1) is 0 Å². The molecule has 1 atom stereocenters. The van der Waals surface area contributed by atoms with E-state index in [0.29, 0.717) is 17.0 Å². The first-order valence-corrected chi connectivity index (χ1v) is 7.76. The molecule has 1 aliphatic heterocycles. The molecule has 4 heteroatoms. The fourth-order valence-electron chi connectivity index (χ4n) is 3.37. The van der Waals surface area contributed by atoms with Crippen LogP contribution in [0.2, 0.25) is 0 Å². The van der Waals surface area contributed by atoms with Crippen molar-refractivity contribution in [2.45, 2.75) is 32.6 Å². The predicted molar refractivity (Wildman–Crippen MR) is 91.2 cm³/mol. The van der Waals surface area contributed by atoms with E-state index in [1.165, 1.54) is 0 Å². The SMILES string of the molecule is CC1(C)CC(=O)C2=C(C1)NC(=S)C(=C=N)C2c1ccccc1. The smallest absolute Gasteiger partial charge is 0.162 e. The second kappa shape index (κ2) is 5.31. The lowest BCUT2D eigenvalue weighted by Gasteiger charge is -2.39. The fraction of sp³-hybridized carbons (Fsp3) is 0.333. The molecule has 0 spiro atoms. The average Bonchev–Trinajstić information content (AvgIpc) is 2.45. The van der Waals surface area contributed by atoms with E-state index in [1.54, 1.807) is 0 Å². The summed E-state index contributed by atoms with van der Waals surface area (Å²) in [6, 6.07) is 9.79. The van der Waals surface area contributed by atoms with Gasteiger partial charge in [-0.05, 0) is 23.3 Å². The van der Waals surface area contributed by atoms with Crippen LogP contribution in [0.25, 0.3) is 0 Å². The summed E-state index contributed by atoms with van der Waals surface area (Å²) in [7, 11) is 0. The van der Waals surface area contributed by atoms with Gasteiger partial charge in [0, 0.05) is 17.7 Å². The lowest BCUT2D eigenvalue weighted by molar-refractivity contribution is -0.118. The van der Waals surface area contributed by atoms with Gasteiger partial charge in [-0.3, -0.25) is 10.2 Å². The molecule has 0 saturated heterocycles. The summed E-state index contributed by atoms with van der Waals surface area (Å²) in [5, 5.41) is 10.8. The largest absolute Gasteiger partial charge is 0.349 e. The second-order valence-electron chi connectivity index (χ2n) is 6.67. The van der Waals surface area contributed by atoms with Crippen molar-refractivity contribution in [3.63, 3.8) is 0 Å². The van der Waals surface area contributed by atoms with Crippen molar-refractivity contribution in [1.82, 2.24) is 5.32 Å². The van der Waals surface area contributed by atoms with E-state index in [9.17, 15) is 4.79 Å². The molecule has 3 rings (SSSR count). The summed E-state index contributed by atoms with van der Waals surface area (Å²) in [6.07, 6.45) is 1.32. The Morgan fingerprint density at radius 2 is 1.95 bits per heavy atom. The highest BCUT2D eigenvalue weighted by molar-refractivity contribution is 7.80. The van der Waals surface area contributed by atoms with E-state index in [1.807, 2.05) is 30.3 Å². The highest BCUT2D eigenvalue weighted by Gasteiger charge is 2.41. The first-order chi connectivity index (χ1) is 10.4. The Balaban J connectivity index is 2.21. The Hall–Kier alpha value is -2.03. The van der Waals surface area contributed by atoms with Gasteiger partial charge in [0.2, 0.25) is 0 Å². The Bertz CT molecular complexity index is 740. The molecule has 0 amide bonds. The zero-order chi connectivity index (χ0) is 15.9. The van der Waals surface area contributed by atoms with Crippen molar-refractivity contribution in [2.24, 2.45) is 5.41 Å². The molecule has 22 heavy (non-hydrogen) atoms. The van der Waals surface area contributed by atoms with E-state index < -0.39 is 0 Å². The number of benzene rings is 1. The predicted octanol–water partition coefficient (Wildman–Crippen LogP) is 3.52. The number of ketones is 1. The van der Waals surface area contributed by atoms with Gasteiger partial charge >= 0.3 is 0 Å². The van der Waals surface area contributed by atoms with Crippen LogP contribution in [0.1, 0.15) is 38.2 Å². The highest BCUT2D eigenvalue weighted by Crippen LogP contribution is 2.45. The third-order valence-electron chi connectivity index (χ3n) is 4.27. The number of carbonyl (C=O) groups is 1. The Kier molecular flexibility index (Phi) is 3.59. The Labute approximate surface area is 135 Å². The monoisotopic (exact) mass is 310 g/mol. The van der Waals surface area contributed by atoms with Gasteiger partial charge in [-0.25, -0.2) is 0 Å². The van der Waals surface area contributed by atoms with E-state index in [0.717, 1.165) is 23.3 Å². The quantitative estimate of drug-likeness (QED) is 0.474. The van der Waals surface area contributed by atoms with Crippen LogP contribution in [0.4, 0.5) is 0 Å². The molecular weight excluding hydrogens is 292 g/mol. The molecule has 0 saturated carbocycles. The summed E-state index contributed by atoms with van der Waals surface area (Å²) >= 11 is 5.41. The molecule has 1 aromatic rings. The van der Waals surface area contributed by atoms with Gasteiger partial charge < -0.3 is 5.32 Å². The molecule has 0 radical (unpaired) electrons. The molecule has 112 valence electrons. The second-order valence-corrected chi connectivity index (χ2v) is 7.08. The van der Waals surface area contributed by atoms with Crippen LogP contribution in [0.15, 0.2) is 47.2 Å². The van der Waals surface area contributed by atoms with Crippen molar-refractivity contribution in [1.29, 1.82) is 5.41 Å². The highest BCUT2D eigenvalue weighted by atomic mass is 32.1. The third-order valence-corrected chi connectivity index (χ3v) is 4.60. The van der Waals surface area contributed by atoms with Gasteiger partial charge in [0.25, 0.3) is 0 Å². The maximum absolute atomic E-state index is 12.8. The van der Waals surface area contributed by atoms with Crippen molar-refractivity contribution in [2.75, 3.05) is 0 Å². The van der Waals surface area contributed by atoms with Crippen LogP contribution in [0.5, 0.6) is 0 Å². The lowest BCUT2D eigenvalue weighted by atomic mass is 9.69. The molecule has 3 nitrogen and oxygen atoms in total. The molecule has 1 unspecified atom stereocenters. The molecule has 0 aromatic heterocycles. The number of hydrogen-bond acceptors (Lipinski definition) is 3. The van der Waals surface area contributed by atoms with Gasteiger partial charge in [0.05, 0.1) is 11.5 Å². The number of allylic oxidation sites excluding steroid dienone is 2. The summed E-state index contributed by atoms with van der Waals surface area (Å²) in [4.78, 5) is 13.3. The summed E-state index contributed by atoms with van der Waals surface area (Å²) in [5.74, 6) is 2.32. The topological polar surface area (TPSA) is 53.0 Å². The lowest BCUT2D eigenvalue weighted by Crippen LogP contribution is -2.41. The fourth-order valence-corrected chi connectivity index (χ4v) is 3.66. The van der Waals surface area contributed by atoms with Crippen LogP contribution in [0.3, 0.4) is 0 Å². The maximum atomic E-state index is 12.8. The molecular formula is C18H18N2OS. The molecule has 0 fully saturated rings. The van der Waals surface area contributed by atoms with E-state index in [-0.39, 0.29) is 17.1 Å². The number of rotatable bonds is 1. The molecule has 2 N–H and O–H groups in total. The van der Waals surface area contributed by atoms with Crippen LogP contribution >= 0.6 is 12.2 Å². The van der Waals surface area contributed by atoms with Crippen molar-refractivity contribution in [3.05, 3.63) is 52.7 Å². The van der Waals surface area contributed by atoms with E-state index >= 15 is 0 Å². The van der Waals surface area contributed by atoms with Crippen molar-refractivity contribution >= 4 is 28.9 Å².